The van der Waals surface area contributed by atoms with Gasteiger partial charge < -0.3 is 4.74 Å². The van der Waals surface area contributed by atoms with E-state index in [4.69, 9.17) is 4.74 Å². The van der Waals surface area contributed by atoms with Gasteiger partial charge in [-0.05, 0) is 24.1 Å². The minimum Gasteiger partial charge on any atom is -0.496 e. The zero-order valence-electron chi connectivity index (χ0n) is 11.3. The minimum atomic E-state index is -0.396. The maximum absolute atomic E-state index is 10.6. The third kappa shape index (κ3) is 4.04. The lowest BCUT2D eigenvalue weighted by Gasteiger charge is -2.14. The zero-order valence-corrected chi connectivity index (χ0v) is 14.4. The molecule has 2 aromatic rings. The second kappa shape index (κ2) is 7.04. The SMILES string of the molecule is COc1cc(Br)ccc1C(Br)Cc1ccc([N+](=O)[O-])cc1. The number of nitro groups is 1. The van der Waals surface area contributed by atoms with Gasteiger partial charge >= 0.3 is 0 Å². The predicted octanol–water partition coefficient (Wildman–Crippen LogP) is 5.04. The molecule has 0 saturated heterocycles. The van der Waals surface area contributed by atoms with Crippen molar-refractivity contribution in [1.82, 2.24) is 0 Å². The molecule has 0 saturated carbocycles. The van der Waals surface area contributed by atoms with Crippen molar-refractivity contribution in [3.8, 4) is 5.75 Å². The Morgan fingerprint density at radius 2 is 1.90 bits per heavy atom. The first kappa shape index (κ1) is 16.0. The number of alkyl halides is 1. The van der Waals surface area contributed by atoms with Crippen LogP contribution in [0.15, 0.2) is 46.9 Å². The van der Waals surface area contributed by atoms with Gasteiger partial charge in [-0.3, -0.25) is 10.1 Å². The number of hydrogen-bond donors (Lipinski definition) is 0. The second-order valence-corrected chi connectivity index (χ2v) is 6.50. The van der Waals surface area contributed by atoms with Crippen molar-refractivity contribution >= 4 is 37.5 Å². The number of benzene rings is 2. The number of non-ortho nitro benzene ring substituents is 1. The summed E-state index contributed by atoms with van der Waals surface area (Å²) < 4.78 is 6.34. The first-order valence-electron chi connectivity index (χ1n) is 6.22. The Bertz CT molecular complexity index is 644. The monoisotopic (exact) mass is 413 g/mol. The summed E-state index contributed by atoms with van der Waals surface area (Å²) in [5, 5.41) is 10.6. The Morgan fingerprint density at radius 3 is 2.48 bits per heavy atom. The number of nitrogens with zero attached hydrogens (tertiary/aromatic N) is 1. The Kier molecular flexibility index (Phi) is 5.36. The van der Waals surface area contributed by atoms with E-state index >= 15 is 0 Å². The Balaban J connectivity index is 2.17. The largest absolute Gasteiger partial charge is 0.496 e. The molecule has 6 heteroatoms. The third-order valence-corrected chi connectivity index (χ3v) is 4.41. The third-order valence-electron chi connectivity index (χ3n) is 3.10. The van der Waals surface area contributed by atoms with Gasteiger partial charge in [0.25, 0.3) is 5.69 Å². The highest BCUT2D eigenvalue weighted by molar-refractivity contribution is 9.10. The number of hydrogen-bond acceptors (Lipinski definition) is 3. The average Bonchev–Trinajstić information content (AvgIpc) is 2.47. The van der Waals surface area contributed by atoms with Gasteiger partial charge in [-0.2, -0.15) is 0 Å². The van der Waals surface area contributed by atoms with Crippen LogP contribution >= 0.6 is 31.9 Å². The maximum Gasteiger partial charge on any atom is 0.269 e. The summed E-state index contributed by atoms with van der Waals surface area (Å²) in [6.07, 6.45) is 0.718. The fourth-order valence-electron chi connectivity index (χ4n) is 2.01. The molecule has 0 aliphatic heterocycles. The molecule has 0 aliphatic rings. The van der Waals surface area contributed by atoms with E-state index in [-0.39, 0.29) is 10.5 Å². The van der Waals surface area contributed by atoms with Gasteiger partial charge in [0.05, 0.1) is 12.0 Å². The van der Waals surface area contributed by atoms with E-state index in [9.17, 15) is 10.1 Å². The van der Waals surface area contributed by atoms with E-state index in [1.165, 1.54) is 12.1 Å². The van der Waals surface area contributed by atoms with Crippen LogP contribution in [0, 0.1) is 10.1 Å². The lowest BCUT2D eigenvalue weighted by Crippen LogP contribution is -1.99. The van der Waals surface area contributed by atoms with E-state index in [0.717, 1.165) is 27.8 Å². The van der Waals surface area contributed by atoms with Crippen LogP contribution in [0.5, 0.6) is 5.75 Å². The molecule has 0 amide bonds. The van der Waals surface area contributed by atoms with E-state index < -0.39 is 4.92 Å². The van der Waals surface area contributed by atoms with Gasteiger partial charge in [-0.15, -0.1) is 0 Å². The standard InChI is InChI=1S/C15H13Br2NO3/c1-21-15-9-11(16)4-7-13(15)14(17)8-10-2-5-12(6-3-10)18(19)20/h2-7,9,14H,8H2,1H3. The molecule has 2 aromatic carbocycles. The molecule has 0 aliphatic carbocycles. The lowest BCUT2D eigenvalue weighted by atomic mass is 10.0. The normalized spacial score (nSPS) is 12.0. The molecule has 0 bridgehead atoms. The van der Waals surface area contributed by atoms with Crippen LogP contribution < -0.4 is 4.74 Å². The van der Waals surface area contributed by atoms with E-state index in [2.05, 4.69) is 31.9 Å². The fraction of sp³-hybridized carbons (Fsp3) is 0.200. The van der Waals surface area contributed by atoms with E-state index in [1.54, 1.807) is 19.2 Å². The summed E-state index contributed by atoms with van der Waals surface area (Å²) in [5.41, 5.74) is 2.16. The predicted molar refractivity (Wildman–Crippen MR) is 89.2 cm³/mol. The first-order valence-corrected chi connectivity index (χ1v) is 7.93. The molecule has 110 valence electrons. The van der Waals surface area contributed by atoms with E-state index in [0.29, 0.717) is 0 Å². The smallest absolute Gasteiger partial charge is 0.269 e. The number of methoxy groups -OCH3 is 1. The van der Waals surface area contributed by atoms with Gasteiger partial charge in [0.2, 0.25) is 0 Å². The number of halogens is 2. The van der Waals surface area contributed by atoms with Crippen molar-refractivity contribution in [2.45, 2.75) is 11.2 Å². The van der Waals surface area contributed by atoms with Crippen molar-refractivity contribution in [3.05, 3.63) is 68.2 Å². The molecule has 0 N–H and O–H groups in total. The Morgan fingerprint density at radius 1 is 1.24 bits per heavy atom. The summed E-state index contributed by atoms with van der Waals surface area (Å²) in [7, 11) is 1.64. The zero-order chi connectivity index (χ0) is 15.4. The maximum atomic E-state index is 10.6. The second-order valence-electron chi connectivity index (χ2n) is 4.48. The first-order chi connectivity index (χ1) is 10.0. The molecule has 1 unspecified atom stereocenters. The number of nitro benzene ring substituents is 1. The van der Waals surface area contributed by atoms with Crippen LogP contribution in [-0.2, 0) is 6.42 Å². The molecule has 1 atom stereocenters. The molecule has 0 heterocycles. The van der Waals surface area contributed by atoms with Crippen molar-refractivity contribution in [2.75, 3.05) is 7.11 Å². The molecule has 0 radical (unpaired) electrons. The molecule has 0 spiro atoms. The highest BCUT2D eigenvalue weighted by Crippen LogP contribution is 2.35. The molecule has 0 fully saturated rings. The summed E-state index contributed by atoms with van der Waals surface area (Å²) in [6.45, 7) is 0. The van der Waals surface area contributed by atoms with Crippen LogP contribution in [-0.4, -0.2) is 12.0 Å². The molecular weight excluding hydrogens is 402 g/mol. The molecular formula is C15H13Br2NO3. The van der Waals surface area contributed by atoms with Crippen molar-refractivity contribution in [2.24, 2.45) is 0 Å². The Labute approximate surface area is 139 Å². The van der Waals surface area contributed by atoms with Gasteiger partial charge in [0.15, 0.2) is 0 Å². The average molecular weight is 415 g/mol. The van der Waals surface area contributed by atoms with Crippen molar-refractivity contribution < 1.29 is 9.66 Å². The van der Waals surface area contributed by atoms with Crippen LogP contribution in [0.25, 0.3) is 0 Å². The summed E-state index contributed by atoms with van der Waals surface area (Å²) in [5.74, 6) is 0.799. The molecule has 4 nitrogen and oxygen atoms in total. The van der Waals surface area contributed by atoms with Gasteiger partial charge in [0, 0.05) is 27.0 Å². The number of rotatable bonds is 5. The lowest BCUT2D eigenvalue weighted by molar-refractivity contribution is -0.384. The van der Waals surface area contributed by atoms with E-state index in [1.807, 2.05) is 18.2 Å². The molecule has 21 heavy (non-hydrogen) atoms. The molecule has 0 aromatic heterocycles. The summed E-state index contributed by atoms with van der Waals surface area (Å²) in [6, 6.07) is 12.5. The van der Waals surface area contributed by atoms with Gasteiger partial charge in [0.1, 0.15) is 5.75 Å². The summed E-state index contributed by atoms with van der Waals surface area (Å²) in [4.78, 5) is 10.3. The highest BCUT2D eigenvalue weighted by Gasteiger charge is 2.15. The fourth-order valence-corrected chi connectivity index (χ4v) is 3.11. The van der Waals surface area contributed by atoms with Gasteiger partial charge in [-0.1, -0.05) is 50.1 Å². The Hall–Kier alpha value is -1.40. The van der Waals surface area contributed by atoms with Crippen LogP contribution in [0.1, 0.15) is 16.0 Å². The van der Waals surface area contributed by atoms with Crippen LogP contribution in [0.4, 0.5) is 5.69 Å². The van der Waals surface area contributed by atoms with Gasteiger partial charge in [-0.25, -0.2) is 0 Å². The highest BCUT2D eigenvalue weighted by atomic mass is 79.9. The number of ether oxygens (including phenoxy) is 1. The van der Waals surface area contributed by atoms with Crippen LogP contribution in [0.3, 0.4) is 0 Å². The summed E-state index contributed by atoms with van der Waals surface area (Å²) >= 11 is 7.07. The quantitative estimate of drug-likeness (QED) is 0.391. The minimum absolute atomic E-state index is 0.0713. The molecule has 2 rings (SSSR count). The topological polar surface area (TPSA) is 52.4 Å². The van der Waals surface area contributed by atoms with Crippen molar-refractivity contribution in [1.29, 1.82) is 0 Å². The van der Waals surface area contributed by atoms with Crippen molar-refractivity contribution in [3.63, 3.8) is 0 Å². The van der Waals surface area contributed by atoms with Crippen LogP contribution in [0.2, 0.25) is 0 Å².